The van der Waals surface area contributed by atoms with Crippen LogP contribution < -0.4 is 11.5 Å². The largest absolute Gasteiger partial charge is 0.506 e. The average Bonchev–Trinajstić information content (AvgIpc) is 2.35. The molecule has 0 spiro atoms. The molecule has 0 amide bonds. The van der Waals surface area contributed by atoms with Crippen LogP contribution in [0.1, 0.15) is 11.1 Å². The van der Waals surface area contributed by atoms with Gasteiger partial charge in [0.25, 0.3) is 0 Å². The van der Waals surface area contributed by atoms with Crippen molar-refractivity contribution >= 4 is 16.9 Å². The van der Waals surface area contributed by atoms with E-state index in [0.717, 1.165) is 11.1 Å². The van der Waals surface area contributed by atoms with Crippen molar-refractivity contribution in [3.63, 3.8) is 0 Å². The van der Waals surface area contributed by atoms with Crippen molar-refractivity contribution in [2.45, 2.75) is 0 Å². The van der Waals surface area contributed by atoms with Crippen molar-refractivity contribution in [1.82, 2.24) is 0 Å². The quantitative estimate of drug-likeness (QED) is 0.480. The number of anilines is 2. The maximum absolute atomic E-state index is 9.37. The zero-order valence-corrected chi connectivity index (χ0v) is 9.72. The first-order valence-electron chi connectivity index (χ1n) is 5.35. The third-order valence-electron chi connectivity index (χ3n) is 2.75. The third-order valence-corrected chi connectivity index (χ3v) is 2.75. The molecular weight excluding hydrogens is 228 g/mol. The number of rotatable bonds is 2. The van der Waals surface area contributed by atoms with E-state index in [1.807, 2.05) is 0 Å². The molecule has 6 N–H and O–H groups in total. The number of phenols is 2. The summed E-state index contributed by atoms with van der Waals surface area (Å²) in [4.78, 5) is 0. The molecule has 0 unspecified atom stereocenters. The Kier molecular flexibility index (Phi) is 2.85. The van der Waals surface area contributed by atoms with Gasteiger partial charge in [0.2, 0.25) is 0 Å². The Morgan fingerprint density at radius 3 is 1.56 bits per heavy atom. The van der Waals surface area contributed by atoms with Gasteiger partial charge in [0.1, 0.15) is 11.5 Å². The first-order valence-corrected chi connectivity index (χ1v) is 5.35. The van der Waals surface area contributed by atoms with E-state index in [1.54, 1.807) is 24.3 Å². The zero-order chi connectivity index (χ0) is 13.3. The first-order chi connectivity index (χ1) is 8.49. The molecule has 2 aromatic carbocycles. The Hall–Kier alpha value is -2.62. The van der Waals surface area contributed by atoms with Crippen molar-refractivity contribution in [3.8, 4) is 11.5 Å². The normalized spacial score (nSPS) is 10.2. The Morgan fingerprint density at radius 1 is 0.833 bits per heavy atom. The monoisotopic (exact) mass is 242 g/mol. The predicted molar refractivity (Wildman–Crippen MR) is 73.2 cm³/mol. The molecule has 2 aromatic rings. The molecule has 0 aliphatic rings. The van der Waals surface area contributed by atoms with Crippen LogP contribution in [0.4, 0.5) is 11.4 Å². The second-order valence-electron chi connectivity index (χ2n) is 4.03. The van der Waals surface area contributed by atoms with E-state index in [0.29, 0.717) is 16.9 Å². The topological polar surface area (TPSA) is 92.5 Å². The zero-order valence-electron chi connectivity index (χ0n) is 9.72. The molecule has 0 heterocycles. The van der Waals surface area contributed by atoms with Gasteiger partial charge in [0, 0.05) is 0 Å². The summed E-state index contributed by atoms with van der Waals surface area (Å²) in [6, 6.07) is 9.74. The molecule has 0 bridgehead atoms. The predicted octanol–water partition coefficient (Wildman–Crippen LogP) is 2.32. The Morgan fingerprint density at radius 2 is 1.22 bits per heavy atom. The molecule has 0 saturated carbocycles. The van der Waals surface area contributed by atoms with Crippen LogP contribution in [0.25, 0.3) is 5.57 Å². The van der Waals surface area contributed by atoms with Gasteiger partial charge in [-0.15, -0.1) is 0 Å². The number of phenolic OH excluding ortho intramolecular Hbond substituents is 2. The number of hydrogen-bond donors (Lipinski definition) is 4. The van der Waals surface area contributed by atoms with E-state index in [4.69, 9.17) is 11.5 Å². The molecule has 92 valence electrons. The summed E-state index contributed by atoms with van der Waals surface area (Å²) in [5.41, 5.74) is 14.1. The van der Waals surface area contributed by atoms with Crippen molar-refractivity contribution in [2.24, 2.45) is 0 Å². The van der Waals surface area contributed by atoms with Crippen LogP contribution in [0.5, 0.6) is 11.5 Å². The second kappa shape index (κ2) is 4.33. The van der Waals surface area contributed by atoms with E-state index >= 15 is 0 Å². The smallest absolute Gasteiger partial charge is 0.138 e. The van der Waals surface area contributed by atoms with Crippen molar-refractivity contribution in [3.05, 3.63) is 54.1 Å². The molecule has 0 aliphatic carbocycles. The molecule has 4 heteroatoms. The van der Waals surface area contributed by atoms with E-state index < -0.39 is 0 Å². The fourth-order valence-corrected chi connectivity index (χ4v) is 1.65. The molecule has 0 aliphatic heterocycles. The molecule has 2 rings (SSSR count). The summed E-state index contributed by atoms with van der Waals surface area (Å²) in [7, 11) is 0. The van der Waals surface area contributed by atoms with E-state index in [2.05, 4.69) is 6.58 Å². The summed E-state index contributed by atoms with van der Waals surface area (Å²) in [5.74, 6) is 0.0774. The lowest BCUT2D eigenvalue weighted by atomic mass is 9.98. The number of nitrogen functional groups attached to an aromatic ring is 2. The molecule has 0 aromatic heterocycles. The second-order valence-corrected chi connectivity index (χ2v) is 4.03. The molecule has 0 saturated heterocycles. The number of hydrogen-bond acceptors (Lipinski definition) is 4. The number of aromatic hydroxyl groups is 2. The van der Waals surface area contributed by atoms with Crippen LogP contribution in [-0.4, -0.2) is 10.2 Å². The fraction of sp³-hybridized carbons (Fsp3) is 0. The lowest BCUT2D eigenvalue weighted by Crippen LogP contribution is -1.92. The van der Waals surface area contributed by atoms with Gasteiger partial charge in [-0.25, -0.2) is 0 Å². The van der Waals surface area contributed by atoms with E-state index in [9.17, 15) is 10.2 Å². The summed E-state index contributed by atoms with van der Waals surface area (Å²) >= 11 is 0. The Bertz CT molecular complexity index is 568. The lowest BCUT2D eigenvalue weighted by Gasteiger charge is -2.09. The van der Waals surface area contributed by atoms with Gasteiger partial charge < -0.3 is 21.7 Å². The molecule has 0 fully saturated rings. The van der Waals surface area contributed by atoms with Gasteiger partial charge in [-0.05, 0) is 41.0 Å². The fourth-order valence-electron chi connectivity index (χ4n) is 1.65. The van der Waals surface area contributed by atoms with Gasteiger partial charge in [-0.3, -0.25) is 0 Å². The van der Waals surface area contributed by atoms with Crippen LogP contribution >= 0.6 is 0 Å². The lowest BCUT2D eigenvalue weighted by molar-refractivity contribution is 0.477. The Labute approximate surface area is 105 Å². The molecule has 18 heavy (non-hydrogen) atoms. The van der Waals surface area contributed by atoms with Crippen LogP contribution in [0, 0.1) is 0 Å². The minimum absolute atomic E-state index is 0.0387. The van der Waals surface area contributed by atoms with Gasteiger partial charge in [0.15, 0.2) is 0 Å². The highest BCUT2D eigenvalue weighted by atomic mass is 16.3. The van der Waals surface area contributed by atoms with Crippen LogP contribution in [0.2, 0.25) is 0 Å². The Balaban J connectivity index is 2.41. The van der Waals surface area contributed by atoms with Crippen LogP contribution in [-0.2, 0) is 0 Å². The molecule has 0 radical (unpaired) electrons. The van der Waals surface area contributed by atoms with E-state index in [1.165, 1.54) is 12.1 Å². The van der Waals surface area contributed by atoms with Crippen molar-refractivity contribution in [2.75, 3.05) is 11.5 Å². The number of benzene rings is 2. The summed E-state index contributed by atoms with van der Waals surface area (Å²) in [6.45, 7) is 3.96. The highest BCUT2D eigenvalue weighted by molar-refractivity contribution is 5.82. The summed E-state index contributed by atoms with van der Waals surface area (Å²) < 4.78 is 0. The maximum Gasteiger partial charge on any atom is 0.138 e. The molecule has 0 atom stereocenters. The maximum atomic E-state index is 9.37. The minimum atomic E-state index is 0.0387. The summed E-state index contributed by atoms with van der Waals surface area (Å²) in [5, 5.41) is 18.7. The highest BCUT2D eigenvalue weighted by Crippen LogP contribution is 2.30. The van der Waals surface area contributed by atoms with Gasteiger partial charge >= 0.3 is 0 Å². The SMILES string of the molecule is C=C(c1ccc(O)c(N)c1)c1ccc(O)c(N)c1. The molecular formula is C14H14N2O2. The van der Waals surface area contributed by atoms with Crippen molar-refractivity contribution in [1.29, 1.82) is 0 Å². The average molecular weight is 242 g/mol. The van der Waals surface area contributed by atoms with Gasteiger partial charge in [-0.2, -0.15) is 0 Å². The number of nitrogens with two attached hydrogens (primary N) is 2. The van der Waals surface area contributed by atoms with Crippen LogP contribution in [0.3, 0.4) is 0 Å². The first kappa shape index (κ1) is 11.9. The van der Waals surface area contributed by atoms with Crippen LogP contribution in [0.15, 0.2) is 43.0 Å². The van der Waals surface area contributed by atoms with Gasteiger partial charge in [-0.1, -0.05) is 18.7 Å². The molecule has 4 nitrogen and oxygen atoms in total. The highest BCUT2D eigenvalue weighted by Gasteiger charge is 2.07. The standard InChI is InChI=1S/C14H14N2O2/c1-8(9-2-4-13(17)11(15)6-9)10-3-5-14(18)12(16)7-10/h2-7,17-18H,1,15-16H2. The van der Waals surface area contributed by atoms with Crippen molar-refractivity contribution < 1.29 is 10.2 Å². The minimum Gasteiger partial charge on any atom is -0.506 e. The van der Waals surface area contributed by atoms with E-state index in [-0.39, 0.29) is 11.5 Å². The summed E-state index contributed by atoms with van der Waals surface area (Å²) in [6.07, 6.45) is 0. The third kappa shape index (κ3) is 2.08. The van der Waals surface area contributed by atoms with Gasteiger partial charge in [0.05, 0.1) is 11.4 Å².